The van der Waals surface area contributed by atoms with Gasteiger partial charge in [0.05, 0.1) is 23.4 Å². The molecule has 152 valence electrons. The van der Waals surface area contributed by atoms with E-state index in [-0.39, 0.29) is 18.6 Å². The molecule has 3 aromatic rings. The fourth-order valence-corrected chi connectivity index (χ4v) is 4.72. The van der Waals surface area contributed by atoms with Gasteiger partial charge < -0.3 is 14.4 Å². The maximum absolute atomic E-state index is 12.9. The Morgan fingerprint density at radius 3 is 3.00 bits per heavy atom. The van der Waals surface area contributed by atoms with Crippen LogP contribution < -0.4 is 9.47 Å². The summed E-state index contributed by atoms with van der Waals surface area (Å²) in [4.78, 5) is 19.6. The number of ether oxygens (including phenoxy) is 2. The Hall–Kier alpha value is -3.37. The van der Waals surface area contributed by atoms with Crippen LogP contribution in [-0.4, -0.2) is 36.1 Å². The van der Waals surface area contributed by atoms with Crippen LogP contribution >= 0.6 is 11.3 Å². The number of nitriles is 1. The van der Waals surface area contributed by atoms with E-state index in [9.17, 15) is 4.79 Å². The number of methoxy groups -OCH3 is 1. The molecule has 0 bridgehead atoms. The Morgan fingerprint density at radius 2 is 2.20 bits per heavy atom. The van der Waals surface area contributed by atoms with Gasteiger partial charge >= 0.3 is 0 Å². The second-order valence-corrected chi connectivity index (χ2v) is 7.96. The summed E-state index contributed by atoms with van der Waals surface area (Å²) in [7, 11) is 1.54. The lowest BCUT2D eigenvalue weighted by Gasteiger charge is -2.21. The number of carbonyl (C=O) groups is 1. The number of amides is 1. The van der Waals surface area contributed by atoms with Gasteiger partial charge in [-0.1, -0.05) is 18.2 Å². The van der Waals surface area contributed by atoms with Crippen molar-refractivity contribution in [1.29, 1.82) is 5.26 Å². The highest BCUT2D eigenvalue weighted by Crippen LogP contribution is 2.36. The van der Waals surface area contributed by atoms with Crippen LogP contribution in [-0.2, 0) is 4.79 Å². The highest BCUT2D eigenvalue weighted by atomic mass is 32.1. The Bertz CT molecular complexity index is 1100. The van der Waals surface area contributed by atoms with Crippen LogP contribution in [0, 0.1) is 11.3 Å². The van der Waals surface area contributed by atoms with Crippen molar-refractivity contribution in [2.45, 2.75) is 18.9 Å². The van der Waals surface area contributed by atoms with Gasteiger partial charge in [0.25, 0.3) is 0 Å². The van der Waals surface area contributed by atoms with Crippen LogP contribution in [0.2, 0.25) is 0 Å². The van der Waals surface area contributed by atoms with Crippen LogP contribution in [0.15, 0.2) is 48.5 Å². The van der Waals surface area contributed by atoms with E-state index >= 15 is 0 Å². The van der Waals surface area contributed by atoms with E-state index in [2.05, 4.69) is 6.07 Å². The summed E-state index contributed by atoms with van der Waals surface area (Å²) in [6, 6.07) is 15.4. The second-order valence-electron chi connectivity index (χ2n) is 6.90. The molecule has 1 aromatic heterocycles. The number of para-hydroxylation sites is 1. The SMILES string of the molecule is COc1cc(C=CC(=O)N2CCCC2c2nc3ccccc3s2)ccc1OCC#N. The molecule has 6 nitrogen and oxygen atoms in total. The maximum atomic E-state index is 12.9. The third-order valence-corrected chi connectivity index (χ3v) is 6.17. The van der Waals surface area contributed by atoms with Gasteiger partial charge in [-0.25, -0.2) is 4.98 Å². The van der Waals surface area contributed by atoms with Gasteiger partial charge in [0, 0.05) is 12.6 Å². The van der Waals surface area contributed by atoms with Crippen LogP contribution in [0.25, 0.3) is 16.3 Å². The lowest BCUT2D eigenvalue weighted by atomic mass is 10.1. The number of benzene rings is 2. The maximum Gasteiger partial charge on any atom is 0.247 e. The van der Waals surface area contributed by atoms with E-state index in [1.807, 2.05) is 35.2 Å². The summed E-state index contributed by atoms with van der Waals surface area (Å²) in [6.07, 6.45) is 5.26. The molecule has 0 N–H and O–H groups in total. The van der Waals surface area contributed by atoms with Crippen molar-refractivity contribution in [2.24, 2.45) is 0 Å². The molecule has 1 saturated heterocycles. The lowest BCUT2D eigenvalue weighted by molar-refractivity contribution is -0.126. The van der Waals surface area contributed by atoms with Crippen molar-refractivity contribution in [2.75, 3.05) is 20.3 Å². The average Bonchev–Trinajstić information content (AvgIpc) is 3.43. The van der Waals surface area contributed by atoms with E-state index < -0.39 is 0 Å². The van der Waals surface area contributed by atoms with Crippen LogP contribution in [0.1, 0.15) is 29.5 Å². The molecule has 7 heteroatoms. The number of fused-ring (bicyclic) bond motifs is 1. The normalized spacial score (nSPS) is 16.1. The molecular formula is C23H21N3O3S. The number of aromatic nitrogens is 1. The molecule has 1 fully saturated rings. The van der Waals surface area contributed by atoms with Crippen LogP contribution in [0.4, 0.5) is 0 Å². The van der Waals surface area contributed by atoms with E-state index in [0.29, 0.717) is 11.5 Å². The largest absolute Gasteiger partial charge is 0.493 e. The molecule has 1 unspecified atom stereocenters. The topological polar surface area (TPSA) is 75.4 Å². The summed E-state index contributed by atoms with van der Waals surface area (Å²) >= 11 is 1.66. The number of hydrogen-bond acceptors (Lipinski definition) is 6. The third-order valence-electron chi connectivity index (χ3n) is 5.03. The molecule has 1 aliphatic heterocycles. The van der Waals surface area contributed by atoms with Gasteiger partial charge in [-0.3, -0.25) is 4.79 Å². The minimum atomic E-state index is -0.0495. The minimum absolute atomic E-state index is 0.0239. The quantitative estimate of drug-likeness (QED) is 0.547. The van der Waals surface area contributed by atoms with Crippen molar-refractivity contribution in [3.8, 4) is 17.6 Å². The van der Waals surface area contributed by atoms with Crippen molar-refractivity contribution >= 4 is 33.5 Å². The van der Waals surface area contributed by atoms with Crippen LogP contribution in [0.3, 0.4) is 0 Å². The van der Waals surface area contributed by atoms with Crippen LogP contribution in [0.5, 0.6) is 11.5 Å². The molecule has 2 heterocycles. The molecule has 2 aromatic carbocycles. The standard InChI is InChI=1S/C23H21N3O3S/c1-28-20-15-16(8-10-19(20)29-14-12-24)9-11-22(27)26-13-4-6-18(26)23-25-17-5-2-3-7-21(17)30-23/h2-3,5,7-11,15,18H,4,6,13-14H2,1H3. The monoisotopic (exact) mass is 419 g/mol. The van der Waals surface area contributed by atoms with E-state index in [1.165, 1.54) is 0 Å². The Morgan fingerprint density at radius 1 is 1.33 bits per heavy atom. The summed E-state index contributed by atoms with van der Waals surface area (Å²) in [5.41, 5.74) is 1.80. The van der Waals surface area contributed by atoms with Crippen molar-refractivity contribution in [1.82, 2.24) is 9.88 Å². The lowest BCUT2D eigenvalue weighted by Crippen LogP contribution is -2.28. The van der Waals surface area contributed by atoms with Gasteiger partial charge in [0.1, 0.15) is 11.1 Å². The van der Waals surface area contributed by atoms with Gasteiger partial charge in [-0.05, 0) is 48.7 Å². The number of likely N-dealkylation sites (tertiary alicyclic amines) is 1. The Labute approximate surface area is 179 Å². The van der Waals surface area contributed by atoms with Gasteiger partial charge in [0.15, 0.2) is 18.1 Å². The molecule has 0 spiro atoms. The summed E-state index contributed by atoms with van der Waals surface area (Å²) in [6.45, 7) is 0.681. The highest BCUT2D eigenvalue weighted by Gasteiger charge is 2.31. The number of thiazole rings is 1. The molecule has 4 rings (SSSR count). The number of rotatable bonds is 6. The minimum Gasteiger partial charge on any atom is -0.493 e. The molecule has 1 atom stereocenters. The van der Waals surface area contributed by atoms with Gasteiger partial charge in [0.2, 0.25) is 5.91 Å². The first-order chi connectivity index (χ1) is 14.7. The first kappa shape index (κ1) is 19.9. The van der Waals surface area contributed by atoms with Crippen molar-refractivity contribution in [3.05, 3.63) is 59.1 Å². The number of carbonyl (C=O) groups excluding carboxylic acids is 1. The first-order valence-electron chi connectivity index (χ1n) is 9.71. The fraction of sp³-hybridized carbons (Fsp3) is 0.261. The van der Waals surface area contributed by atoms with Gasteiger partial charge in [-0.2, -0.15) is 5.26 Å². The Balaban J connectivity index is 1.50. The zero-order chi connectivity index (χ0) is 20.9. The van der Waals surface area contributed by atoms with Crippen molar-refractivity contribution < 1.29 is 14.3 Å². The second kappa shape index (κ2) is 8.97. The predicted molar refractivity (Wildman–Crippen MR) is 116 cm³/mol. The molecule has 1 aliphatic rings. The molecule has 1 amide bonds. The van der Waals surface area contributed by atoms with E-state index in [0.717, 1.165) is 40.2 Å². The first-order valence-corrected chi connectivity index (χ1v) is 10.5. The zero-order valence-corrected chi connectivity index (χ0v) is 17.4. The van der Waals surface area contributed by atoms with E-state index in [1.54, 1.807) is 42.7 Å². The number of nitrogens with zero attached hydrogens (tertiary/aromatic N) is 3. The number of hydrogen-bond donors (Lipinski definition) is 0. The molecule has 0 aliphatic carbocycles. The smallest absolute Gasteiger partial charge is 0.247 e. The zero-order valence-electron chi connectivity index (χ0n) is 16.6. The molecule has 30 heavy (non-hydrogen) atoms. The average molecular weight is 420 g/mol. The molecular weight excluding hydrogens is 398 g/mol. The van der Waals surface area contributed by atoms with Gasteiger partial charge in [-0.15, -0.1) is 11.3 Å². The summed E-state index contributed by atoms with van der Waals surface area (Å²) in [5, 5.41) is 9.66. The predicted octanol–water partition coefficient (Wildman–Crippen LogP) is 4.58. The Kier molecular flexibility index (Phi) is 5.96. The summed E-state index contributed by atoms with van der Waals surface area (Å²) in [5.74, 6) is 0.992. The third kappa shape index (κ3) is 4.14. The van der Waals surface area contributed by atoms with E-state index in [4.69, 9.17) is 19.7 Å². The molecule has 0 radical (unpaired) electrons. The van der Waals surface area contributed by atoms with Crippen molar-refractivity contribution in [3.63, 3.8) is 0 Å². The molecule has 0 saturated carbocycles. The summed E-state index contributed by atoms with van der Waals surface area (Å²) < 4.78 is 11.8. The fourth-order valence-electron chi connectivity index (χ4n) is 3.60. The highest BCUT2D eigenvalue weighted by molar-refractivity contribution is 7.18.